The van der Waals surface area contributed by atoms with Crippen molar-refractivity contribution in [1.29, 1.82) is 0 Å². The molecule has 0 amide bonds. The maximum atomic E-state index is 5.15. The topological polar surface area (TPSA) is 63.8 Å². The monoisotopic (exact) mass is 280 g/mol. The van der Waals surface area contributed by atoms with E-state index in [0.29, 0.717) is 6.54 Å². The molecule has 0 spiro atoms. The van der Waals surface area contributed by atoms with Crippen molar-refractivity contribution in [3.63, 3.8) is 0 Å². The van der Waals surface area contributed by atoms with E-state index in [1.807, 2.05) is 18.2 Å². The Kier molecular flexibility index (Phi) is 2.44. The van der Waals surface area contributed by atoms with E-state index in [1.165, 1.54) is 6.39 Å². The second-order valence-corrected chi connectivity index (χ2v) is 4.37. The van der Waals surface area contributed by atoms with Crippen LogP contribution < -0.4 is 5.32 Å². The van der Waals surface area contributed by atoms with E-state index in [1.54, 1.807) is 6.20 Å². The van der Waals surface area contributed by atoms with Crippen LogP contribution in [0.4, 0.5) is 5.69 Å². The molecule has 1 N–H and O–H groups in total. The van der Waals surface area contributed by atoms with Gasteiger partial charge in [-0.25, -0.2) is 0 Å². The van der Waals surface area contributed by atoms with Crippen LogP contribution in [0.3, 0.4) is 0 Å². The molecule has 80 valence electrons. The molecule has 0 radical (unpaired) electrons. The van der Waals surface area contributed by atoms with E-state index in [2.05, 4.69) is 18.3 Å². The number of rotatable bonds is 3. The zero-order valence-electron chi connectivity index (χ0n) is 8.25. The number of hydrogen-bond acceptors (Lipinski definition) is 5. The average Bonchev–Trinajstić information content (AvgIpc) is 2.97. The summed E-state index contributed by atoms with van der Waals surface area (Å²) in [5.74, 6) is 0.804. The first-order chi connectivity index (χ1) is 7.93. The molecular formula is C10H8N4OSe. The minimum atomic E-state index is 0.00630. The van der Waals surface area contributed by atoms with Gasteiger partial charge in [0.15, 0.2) is 0 Å². The SMILES string of the molecule is c1cc(NCc2cnco2)c2n[se]nc2c1. The zero-order chi connectivity index (χ0) is 10.8. The van der Waals surface area contributed by atoms with E-state index in [0.717, 1.165) is 22.5 Å². The van der Waals surface area contributed by atoms with Crippen LogP contribution >= 0.6 is 0 Å². The Morgan fingerprint density at radius 2 is 2.31 bits per heavy atom. The van der Waals surface area contributed by atoms with Gasteiger partial charge in [0.2, 0.25) is 0 Å². The van der Waals surface area contributed by atoms with Gasteiger partial charge in [-0.1, -0.05) is 0 Å². The summed E-state index contributed by atoms with van der Waals surface area (Å²) in [6.45, 7) is 0.610. The van der Waals surface area contributed by atoms with E-state index >= 15 is 0 Å². The van der Waals surface area contributed by atoms with Gasteiger partial charge in [-0.2, -0.15) is 0 Å². The van der Waals surface area contributed by atoms with Crippen molar-refractivity contribution in [2.24, 2.45) is 0 Å². The molecule has 0 atom stereocenters. The Morgan fingerprint density at radius 3 is 3.19 bits per heavy atom. The number of nitrogens with one attached hydrogen (secondary N) is 1. The third kappa shape index (κ3) is 1.73. The minimum absolute atomic E-state index is 0.00630. The summed E-state index contributed by atoms with van der Waals surface area (Å²) in [7, 11) is 0. The number of nitrogens with zero attached hydrogens (tertiary/aromatic N) is 3. The second-order valence-electron chi connectivity index (χ2n) is 3.26. The van der Waals surface area contributed by atoms with Gasteiger partial charge in [0, 0.05) is 0 Å². The number of oxazole rings is 1. The summed E-state index contributed by atoms with van der Waals surface area (Å²) in [5, 5.41) is 3.27. The fourth-order valence-electron chi connectivity index (χ4n) is 1.46. The summed E-state index contributed by atoms with van der Waals surface area (Å²) < 4.78 is 13.9. The molecule has 0 saturated carbocycles. The molecule has 0 fully saturated rings. The van der Waals surface area contributed by atoms with Gasteiger partial charge in [0.05, 0.1) is 0 Å². The first-order valence-electron chi connectivity index (χ1n) is 4.76. The zero-order valence-corrected chi connectivity index (χ0v) is 9.97. The van der Waals surface area contributed by atoms with Gasteiger partial charge in [0.1, 0.15) is 0 Å². The molecule has 16 heavy (non-hydrogen) atoms. The molecule has 5 nitrogen and oxygen atoms in total. The second kappa shape index (κ2) is 4.08. The number of hydrogen-bond donors (Lipinski definition) is 1. The molecule has 0 aliphatic carbocycles. The molecule has 3 rings (SSSR count). The molecular weight excluding hydrogens is 271 g/mol. The van der Waals surface area contributed by atoms with Crippen molar-refractivity contribution < 1.29 is 4.42 Å². The van der Waals surface area contributed by atoms with Crippen LogP contribution in [0, 0.1) is 0 Å². The number of aromatic nitrogens is 3. The first kappa shape index (κ1) is 9.57. The molecule has 6 heteroatoms. The van der Waals surface area contributed by atoms with Gasteiger partial charge in [0.25, 0.3) is 0 Å². The van der Waals surface area contributed by atoms with Gasteiger partial charge in [-0.15, -0.1) is 0 Å². The Balaban J connectivity index is 1.86. The molecule has 0 bridgehead atoms. The summed E-state index contributed by atoms with van der Waals surface area (Å²) >= 11 is 0.00630. The number of anilines is 1. The maximum absolute atomic E-state index is 5.15. The van der Waals surface area contributed by atoms with Crippen LogP contribution in [0.2, 0.25) is 0 Å². The Bertz CT molecular complexity index is 590. The summed E-state index contributed by atoms with van der Waals surface area (Å²) in [6, 6.07) is 5.95. The van der Waals surface area contributed by atoms with Gasteiger partial charge >= 0.3 is 97.5 Å². The molecule has 0 aliphatic heterocycles. The molecule has 0 aliphatic rings. The van der Waals surface area contributed by atoms with Crippen LogP contribution in [0.25, 0.3) is 11.0 Å². The normalized spacial score (nSPS) is 10.8. The van der Waals surface area contributed by atoms with Crippen molar-refractivity contribution in [1.82, 2.24) is 12.9 Å². The van der Waals surface area contributed by atoms with E-state index in [9.17, 15) is 0 Å². The predicted molar refractivity (Wildman–Crippen MR) is 60.3 cm³/mol. The number of fused-ring (bicyclic) bond motifs is 1. The Hall–Kier alpha value is -1.65. The molecule has 0 saturated heterocycles. The van der Waals surface area contributed by atoms with Crippen molar-refractivity contribution in [3.8, 4) is 0 Å². The van der Waals surface area contributed by atoms with E-state index in [-0.39, 0.29) is 15.0 Å². The van der Waals surface area contributed by atoms with Crippen LogP contribution in [-0.2, 0) is 6.54 Å². The first-order valence-corrected chi connectivity index (χ1v) is 6.29. The van der Waals surface area contributed by atoms with Crippen LogP contribution in [-0.4, -0.2) is 27.9 Å². The van der Waals surface area contributed by atoms with Gasteiger partial charge in [-0.3, -0.25) is 0 Å². The third-order valence-electron chi connectivity index (χ3n) is 2.22. The summed E-state index contributed by atoms with van der Waals surface area (Å²) in [5.41, 5.74) is 2.93. The Labute approximate surface area is 97.7 Å². The fourth-order valence-corrected chi connectivity index (χ4v) is 2.61. The average molecular weight is 279 g/mol. The van der Waals surface area contributed by atoms with Crippen molar-refractivity contribution in [2.75, 3.05) is 5.32 Å². The molecule has 1 aromatic carbocycles. The van der Waals surface area contributed by atoms with Crippen molar-refractivity contribution in [3.05, 3.63) is 36.5 Å². The van der Waals surface area contributed by atoms with Gasteiger partial charge < -0.3 is 0 Å². The van der Waals surface area contributed by atoms with Crippen molar-refractivity contribution >= 4 is 31.7 Å². The van der Waals surface area contributed by atoms with Crippen LogP contribution in [0.5, 0.6) is 0 Å². The fraction of sp³-hybridized carbons (Fsp3) is 0.100. The summed E-state index contributed by atoms with van der Waals surface area (Å²) in [4.78, 5) is 3.86. The molecule has 3 aromatic rings. The van der Waals surface area contributed by atoms with E-state index < -0.39 is 0 Å². The van der Waals surface area contributed by atoms with E-state index in [4.69, 9.17) is 4.42 Å². The predicted octanol–water partition coefficient (Wildman–Crippen LogP) is 1.29. The standard InChI is InChI=1S/C10H8N4OSe/c1-2-8(10-9(3-1)13-16-14-10)12-5-7-4-11-6-15-7/h1-4,6,12H,5H2. The molecule has 2 aromatic heterocycles. The molecule has 0 unspecified atom stereocenters. The summed E-state index contributed by atoms with van der Waals surface area (Å²) in [6.07, 6.45) is 3.12. The van der Waals surface area contributed by atoms with Crippen molar-refractivity contribution in [2.45, 2.75) is 6.54 Å². The quantitative estimate of drug-likeness (QED) is 0.732. The van der Waals surface area contributed by atoms with Gasteiger partial charge in [-0.05, 0) is 0 Å². The third-order valence-corrected chi connectivity index (χ3v) is 3.36. The Morgan fingerprint density at radius 1 is 1.31 bits per heavy atom. The van der Waals surface area contributed by atoms with Crippen LogP contribution in [0.15, 0.2) is 35.2 Å². The number of benzene rings is 1. The molecule has 2 heterocycles. The van der Waals surface area contributed by atoms with Crippen LogP contribution in [0.1, 0.15) is 5.76 Å².